The molecule has 0 radical (unpaired) electrons. The fourth-order valence-electron chi connectivity index (χ4n) is 3.17. The number of halogens is 1. The number of rotatable bonds is 10. The van der Waals surface area contributed by atoms with Crippen molar-refractivity contribution >= 4 is 45.6 Å². The lowest BCUT2D eigenvalue weighted by molar-refractivity contribution is -0.139. The monoisotopic (exact) mass is 546 g/mol. The van der Waals surface area contributed by atoms with Crippen molar-refractivity contribution in [3.8, 4) is 11.5 Å². The van der Waals surface area contributed by atoms with Crippen molar-refractivity contribution in [1.82, 2.24) is 10.7 Å². The summed E-state index contributed by atoms with van der Waals surface area (Å²) in [6, 6.07) is 12.2. The standard InChI is InChI=1S/C24H27BrN4O6/c1-2-33-21-12-16(13-27-29-24(32)23(31)26-14-19-4-3-11-34-19)5-10-20(21)35-15-22(30)28-18-8-6-17(25)7-9-18/h5-10,12-13,19H,2-4,11,14-15H2,1H3,(H,26,31)(H,28,30)(H,29,32)/b27-13-/t19-/m1/s1. The summed E-state index contributed by atoms with van der Waals surface area (Å²) in [7, 11) is 0. The molecule has 0 bridgehead atoms. The van der Waals surface area contributed by atoms with Gasteiger partial charge >= 0.3 is 11.8 Å². The van der Waals surface area contributed by atoms with E-state index in [1.165, 1.54) is 6.21 Å². The molecule has 3 amide bonds. The van der Waals surface area contributed by atoms with Gasteiger partial charge in [0, 0.05) is 23.3 Å². The van der Waals surface area contributed by atoms with Gasteiger partial charge in [0.1, 0.15) is 0 Å². The molecule has 1 aliphatic rings. The van der Waals surface area contributed by atoms with Gasteiger partial charge in [-0.2, -0.15) is 5.10 Å². The van der Waals surface area contributed by atoms with Crippen LogP contribution in [0.25, 0.3) is 0 Å². The molecule has 186 valence electrons. The SMILES string of the molecule is CCOc1cc(/C=N\NC(=O)C(=O)NC[C@H]2CCCO2)ccc1OCC(=O)Nc1ccc(Br)cc1. The Hall–Kier alpha value is -3.44. The summed E-state index contributed by atoms with van der Waals surface area (Å²) in [5.41, 5.74) is 3.44. The van der Waals surface area contributed by atoms with Gasteiger partial charge in [0.15, 0.2) is 18.1 Å². The first-order chi connectivity index (χ1) is 16.9. The Kier molecular flexibility index (Phi) is 10.1. The molecule has 0 saturated carbocycles. The van der Waals surface area contributed by atoms with E-state index in [9.17, 15) is 14.4 Å². The molecule has 35 heavy (non-hydrogen) atoms. The van der Waals surface area contributed by atoms with Crippen LogP contribution in [0.15, 0.2) is 52.0 Å². The quantitative estimate of drug-likeness (QED) is 0.239. The van der Waals surface area contributed by atoms with Gasteiger partial charge in [0.2, 0.25) is 0 Å². The zero-order valence-electron chi connectivity index (χ0n) is 19.2. The summed E-state index contributed by atoms with van der Waals surface area (Å²) in [4.78, 5) is 36.0. The summed E-state index contributed by atoms with van der Waals surface area (Å²) < 4.78 is 17.5. The molecular formula is C24H27BrN4O6. The van der Waals surface area contributed by atoms with Crippen LogP contribution in [-0.4, -0.2) is 56.4 Å². The Bertz CT molecular complexity index is 1050. The number of hydrogen-bond acceptors (Lipinski definition) is 7. The Morgan fingerprint density at radius 2 is 1.91 bits per heavy atom. The first-order valence-corrected chi connectivity index (χ1v) is 11.9. The van der Waals surface area contributed by atoms with E-state index < -0.39 is 11.8 Å². The van der Waals surface area contributed by atoms with Gasteiger partial charge < -0.3 is 24.8 Å². The van der Waals surface area contributed by atoms with Gasteiger partial charge in [-0.1, -0.05) is 15.9 Å². The second-order valence-electron chi connectivity index (χ2n) is 7.53. The molecule has 10 nitrogen and oxygen atoms in total. The third kappa shape index (κ3) is 8.69. The minimum atomic E-state index is -0.874. The van der Waals surface area contributed by atoms with Crippen LogP contribution in [0.1, 0.15) is 25.3 Å². The molecule has 1 atom stereocenters. The fourth-order valence-corrected chi connectivity index (χ4v) is 3.44. The van der Waals surface area contributed by atoms with E-state index in [4.69, 9.17) is 14.2 Å². The molecule has 3 rings (SSSR count). The normalized spacial score (nSPS) is 15.0. The Balaban J connectivity index is 1.50. The molecule has 2 aromatic rings. The van der Waals surface area contributed by atoms with Crippen LogP contribution in [-0.2, 0) is 19.1 Å². The minimum Gasteiger partial charge on any atom is -0.490 e. The van der Waals surface area contributed by atoms with E-state index in [0.29, 0.717) is 36.0 Å². The van der Waals surface area contributed by atoms with E-state index in [-0.39, 0.29) is 25.2 Å². The first-order valence-electron chi connectivity index (χ1n) is 11.1. The maximum absolute atomic E-state index is 12.2. The van der Waals surface area contributed by atoms with E-state index >= 15 is 0 Å². The first kappa shape index (κ1) is 26.2. The third-order valence-electron chi connectivity index (χ3n) is 4.85. The smallest absolute Gasteiger partial charge is 0.329 e. The van der Waals surface area contributed by atoms with Crippen molar-refractivity contribution in [1.29, 1.82) is 0 Å². The zero-order valence-corrected chi connectivity index (χ0v) is 20.8. The Morgan fingerprint density at radius 1 is 1.11 bits per heavy atom. The highest BCUT2D eigenvalue weighted by atomic mass is 79.9. The molecule has 3 N–H and O–H groups in total. The van der Waals surface area contributed by atoms with Crippen LogP contribution in [0.5, 0.6) is 11.5 Å². The number of carbonyl (C=O) groups is 3. The molecule has 1 saturated heterocycles. The van der Waals surface area contributed by atoms with Crippen molar-refractivity contribution in [2.75, 3.05) is 31.7 Å². The summed E-state index contributed by atoms with van der Waals surface area (Å²) >= 11 is 3.35. The van der Waals surface area contributed by atoms with Crippen molar-refractivity contribution < 1.29 is 28.6 Å². The van der Waals surface area contributed by atoms with Gasteiger partial charge in [-0.25, -0.2) is 5.43 Å². The second-order valence-corrected chi connectivity index (χ2v) is 8.44. The van der Waals surface area contributed by atoms with Crippen molar-refractivity contribution in [3.63, 3.8) is 0 Å². The molecule has 1 aliphatic heterocycles. The van der Waals surface area contributed by atoms with Gasteiger partial charge in [-0.3, -0.25) is 14.4 Å². The largest absolute Gasteiger partial charge is 0.490 e. The lowest BCUT2D eigenvalue weighted by atomic mass is 10.2. The summed E-state index contributed by atoms with van der Waals surface area (Å²) in [5.74, 6) is -1.18. The maximum Gasteiger partial charge on any atom is 0.329 e. The highest BCUT2D eigenvalue weighted by Crippen LogP contribution is 2.28. The number of carbonyl (C=O) groups excluding carboxylic acids is 3. The fraction of sp³-hybridized carbons (Fsp3) is 0.333. The molecule has 0 unspecified atom stereocenters. The van der Waals surface area contributed by atoms with Crippen molar-refractivity contribution in [2.45, 2.75) is 25.9 Å². The highest BCUT2D eigenvalue weighted by molar-refractivity contribution is 9.10. The number of hydrazone groups is 1. The minimum absolute atomic E-state index is 0.0557. The number of ether oxygens (including phenoxy) is 3. The Labute approximate surface area is 211 Å². The number of amides is 3. The van der Waals surface area contributed by atoms with Crippen LogP contribution in [0, 0.1) is 0 Å². The summed E-state index contributed by atoms with van der Waals surface area (Å²) in [5, 5.41) is 9.09. The van der Waals surface area contributed by atoms with Crippen LogP contribution in [0.3, 0.4) is 0 Å². The Morgan fingerprint density at radius 3 is 2.63 bits per heavy atom. The molecule has 11 heteroatoms. The lowest BCUT2D eigenvalue weighted by Crippen LogP contribution is -2.41. The molecule has 0 spiro atoms. The number of nitrogens with one attached hydrogen (secondary N) is 3. The predicted octanol–water partition coefficient (Wildman–Crippen LogP) is 2.61. The number of benzene rings is 2. The predicted molar refractivity (Wildman–Crippen MR) is 134 cm³/mol. The van der Waals surface area contributed by atoms with Gasteiger partial charge in [0.25, 0.3) is 5.91 Å². The van der Waals surface area contributed by atoms with Crippen LogP contribution >= 0.6 is 15.9 Å². The highest BCUT2D eigenvalue weighted by Gasteiger charge is 2.19. The molecule has 2 aromatic carbocycles. The average molecular weight is 547 g/mol. The molecule has 1 fully saturated rings. The summed E-state index contributed by atoms with van der Waals surface area (Å²) in [6.07, 6.45) is 3.12. The van der Waals surface area contributed by atoms with E-state index in [0.717, 1.165) is 17.3 Å². The van der Waals surface area contributed by atoms with Gasteiger partial charge in [-0.15, -0.1) is 0 Å². The number of anilines is 1. The van der Waals surface area contributed by atoms with Gasteiger partial charge in [-0.05, 0) is 67.8 Å². The zero-order chi connectivity index (χ0) is 25.0. The van der Waals surface area contributed by atoms with E-state index in [1.54, 1.807) is 30.3 Å². The van der Waals surface area contributed by atoms with E-state index in [2.05, 4.69) is 37.1 Å². The summed E-state index contributed by atoms with van der Waals surface area (Å²) in [6.45, 7) is 2.95. The topological polar surface area (TPSA) is 127 Å². The van der Waals surface area contributed by atoms with Crippen molar-refractivity contribution in [3.05, 3.63) is 52.5 Å². The molecule has 0 aliphatic carbocycles. The van der Waals surface area contributed by atoms with Gasteiger partial charge in [0.05, 0.1) is 18.9 Å². The maximum atomic E-state index is 12.2. The average Bonchev–Trinajstić information content (AvgIpc) is 3.37. The molecule has 1 heterocycles. The van der Waals surface area contributed by atoms with Crippen LogP contribution in [0.4, 0.5) is 5.69 Å². The van der Waals surface area contributed by atoms with E-state index in [1.807, 2.05) is 19.1 Å². The third-order valence-corrected chi connectivity index (χ3v) is 5.38. The molecular weight excluding hydrogens is 520 g/mol. The lowest BCUT2D eigenvalue weighted by Gasteiger charge is -2.12. The second kappa shape index (κ2) is 13.4. The van der Waals surface area contributed by atoms with Crippen molar-refractivity contribution in [2.24, 2.45) is 5.10 Å². The van der Waals surface area contributed by atoms with Crippen LogP contribution in [0.2, 0.25) is 0 Å². The van der Waals surface area contributed by atoms with Crippen LogP contribution < -0.4 is 25.5 Å². The molecule has 0 aromatic heterocycles. The number of nitrogens with zero attached hydrogens (tertiary/aromatic N) is 1. The number of hydrogen-bond donors (Lipinski definition) is 3.